The normalized spacial score (nSPS) is 17.9. The van der Waals surface area contributed by atoms with E-state index in [4.69, 9.17) is 25.8 Å². The highest BCUT2D eigenvalue weighted by atomic mass is 35.5. The van der Waals surface area contributed by atoms with Crippen molar-refractivity contribution in [1.82, 2.24) is 4.90 Å². The molecule has 0 unspecified atom stereocenters. The van der Waals surface area contributed by atoms with Gasteiger partial charge in [0, 0.05) is 36.8 Å². The van der Waals surface area contributed by atoms with Crippen molar-refractivity contribution < 1.29 is 23.7 Å². The zero-order valence-electron chi connectivity index (χ0n) is 19.2. The van der Waals surface area contributed by atoms with Crippen molar-refractivity contribution in [2.45, 2.75) is 31.6 Å². The van der Waals surface area contributed by atoms with E-state index < -0.39 is 0 Å². The Balaban J connectivity index is 1.41. The lowest BCUT2D eigenvalue weighted by molar-refractivity contribution is -0.00323. The maximum Gasteiger partial charge on any atom is 0.172 e. The second kappa shape index (κ2) is 9.45. The van der Waals surface area contributed by atoms with Crippen molar-refractivity contribution in [2.75, 3.05) is 27.3 Å². The summed E-state index contributed by atoms with van der Waals surface area (Å²) >= 11 is 6.61. The van der Waals surface area contributed by atoms with Crippen molar-refractivity contribution in [3.8, 4) is 28.4 Å². The van der Waals surface area contributed by atoms with E-state index in [9.17, 15) is 9.50 Å². The van der Waals surface area contributed by atoms with E-state index in [1.54, 1.807) is 25.3 Å². The number of hydrogen-bond donors (Lipinski definition) is 1. The molecular formula is C27H27ClFNO4. The number of halogens is 2. The molecule has 1 fully saturated rings. The van der Waals surface area contributed by atoms with Gasteiger partial charge in [0.2, 0.25) is 0 Å². The lowest BCUT2D eigenvalue weighted by atomic mass is 9.96. The number of nitrogens with zero attached hydrogens (tertiary/aromatic N) is 1. The van der Waals surface area contributed by atoms with Gasteiger partial charge in [-0.3, -0.25) is 4.90 Å². The summed E-state index contributed by atoms with van der Waals surface area (Å²) in [5, 5.41) is 10.1. The number of aliphatic hydroxyl groups excluding tert-OH is 1. The van der Waals surface area contributed by atoms with Crippen LogP contribution in [0.1, 0.15) is 29.2 Å². The van der Waals surface area contributed by atoms with Gasteiger partial charge in [-0.1, -0.05) is 41.9 Å². The third kappa shape index (κ3) is 4.22. The van der Waals surface area contributed by atoms with Gasteiger partial charge in [0.15, 0.2) is 11.6 Å². The Bertz CT molecular complexity index is 1210. The van der Waals surface area contributed by atoms with Gasteiger partial charge in [0.05, 0.1) is 25.3 Å². The van der Waals surface area contributed by atoms with Gasteiger partial charge in [-0.25, -0.2) is 4.39 Å². The average molecular weight is 484 g/mol. The second-order valence-electron chi connectivity index (χ2n) is 8.78. The van der Waals surface area contributed by atoms with Crippen LogP contribution in [0.5, 0.6) is 17.2 Å². The highest BCUT2D eigenvalue weighted by molar-refractivity contribution is 6.32. The van der Waals surface area contributed by atoms with Gasteiger partial charge in [0.25, 0.3) is 0 Å². The summed E-state index contributed by atoms with van der Waals surface area (Å²) in [7, 11) is 3.10. The predicted molar refractivity (Wildman–Crippen MR) is 129 cm³/mol. The SMILES string of the molecule is COc1cc(O[C@H]2CCc3c(-c4cccc(OC)c4F)cccc32)c(Cl)cc1CN1CC(O)C1. The summed E-state index contributed by atoms with van der Waals surface area (Å²) in [5.74, 6) is 1.13. The van der Waals surface area contributed by atoms with Gasteiger partial charge in [-0.15, -0.1) is 0 Å². The van der Waals surface area contributed by atoms with Crippen LogP contribution in [0.3, 0.4) is 0 Å². The predicted octanol–water partition coefficient (Wildman–Crippen LogP) is 5.41. The first kappa shape index (κ1) is 23.0. The van der Waals surface area contributed by atoms with Crippen LogP contribution in [0.25, 0.3) is 11.1 Å². The number of ether oxygens (including phenoxy) is 3. The van der Waals surface area contributed by atoms with Crippen LogP contribution in [-0.2, 0) is 13.0 Å². The van der Waals surface area contributed by atoms with Crippen LogP contribution in [0.4, 0.5) is 4.39 Å². The molecule has 5 nitrogen and oxygen atoms in total. The van der Waals surface area contributed by atoms with Crippen molar-refractivity contribution in [1.29, 1.82) is 0 Å². The number of hydrogen-bond acceptors (Lipinski definition) is 5. The largest absolute Gasteiger partial charge is 0.496 e. The van der Waals surface area contributed by atoms with Crippen molar-refractivity contribution in [3.05, 3.63) is 76.1 Å². The number of fused-ring (bicyclic) bond motifs is 1. The molecule has 5 rings (SSSR count). The molecule has 34 heavy (non-hydrogen) atoms. The van der Waals surface area contributed by atoms with E-state index in [-0.39, 0.29) is 23.8 Å². The Hall–Kier alpha value is -2.80. The Labute approximate surface area is 203 Å². The van der Waals surface area contributed by atoms with Gasteiger partial charge >= 0.3 is 0 Å². The highest BCUT2D eigenvalue weighted by Gasteiger charge is 2.29. The number of aliphatic hydroxyl groups is 1. The van der Waals surface area contributed by atoms with E-state index in [2.05, 4.69) is 4.90 Å². The molecule has 0 saturated carbocycles. The summed E-state index contributed by atoms with van der Waals surface area (Å²) in [6.07, 6.45) is 1.09. The molecule has 2 aliphatic rings. The summed E-state index contributed by atoms with van der Waals surface area (Å²) in [4.78, 5) is 2.13. The first-order valence-electron chi connectivity index (χ1n) is 11.4. The molecule has 178 valence electrons. The van der Waals surface area contributed by atoms with Crippen molar-refractivity contribution in [3.63, 3.8) is 0 Å². The Morgan fingerprint density at radius 2 is 1.74 bits per heavy atom. The fourth-order valence-corrected chi connectivity index (χ4v) is 5.14. The minimum Gasteiger partial charge on any atom is -0.496 e. The molecule has 1 N–H and O–H groups in total. The molecular weight excluding hydrogens is 457 g/mol. The quantitative estimate of drug-likeness (QED) is 0.487. The molecule has 0 amide bonds. The lowest BCUT2D eigenvalue weighted by Crippen LogP contribution is -2.49. The number of likely N-dealkylation sites (tertiary alicyclic amines) is 1. The molecule has 3 aromatic rings. The van der Waals surface area contributed by atoms with E-state index in [1.165, 1.54) is 7.11 Å². The van der Waals surface area contributed by atoms with Crippen molar-refractivity contribution >= 4 is 11.6 Å². The van der Waals surface area contributed by atoms with Crippen LogP contribution >= 0.6 is 11.6 Å². The molecule has 1 aliphatic heterocycles. The van der Waals surface area contributed by atoms with Crippen LogP contribution in [0.2, 0.25) is 5.02 Å². The average Bonchev–Trinajstić information content (AvgIpc) is 3.23. The fourth-order valence-electron chi connectivity index (χ4n) is 4.91. The van der Waals surface area contributed by atoms with Crippen LogP contribution in [0, 0.1) is 5.82 Å². The smallest absolute Gasteiger partial charge is 0.172 e. The van der Waals surface area contributed by atoms with Crippen molar-refractivity contribution in [2.24, 2.45) is 0 Å². The summed E-state index contributed by atoms with van der Waals surface area (Å²) < 4.78 is 32.1. The van der Waals surface area contributed by atoms with E-state index in [0.717, 1.165) is 35.1 Å². The first-order valence-corrected chi connectivity index (χ1v) is 11.7. The van der Waals surface area contributed by atoms with Crippen LogP contribution in [0.15, 0.2) is 48.5 Å². The maximum atomic E-state index is 15.0. The number of β-amino-alcohol motifs (C(OH)–C–C–N with tert-alkyl or cyclic N) is 1. The molecule has 7 heteroatoms. The third-order valence-electron chi connectivity index (χ3n) is 6.63. The molecule has 1 atom stereocenters. The monoisotopic (exact) mass is 483 g/mol. The molecule has 1 heterocycles. The Kier molecular flexibility index (Phi) is 6.38. The van der Waals surface area contributed by atoms with Gasteiger partial charge in [0.1, 0.15) is 17.6 Å². The number of rotatable bonds is 7. The zero-order chi connectivity index (χ0) is 23.8. The highest BCUT2D eigenvalue weighted by Crippen LogP contribution is 2.43. The van der Waals surface area contributed by atoms with Crippen LogP contribution < -0.4 is 14.2 Å². The molecule has 0 bridgehead atoms. The van der Waals surface area contributed by atoms with Gasteiger partial charge in [-0.2, -0.15) is 0 Å². The summed E-state index contributed by atoms with van der Waals surface area (Å²) in [5.41, 5.74) is 4.45. The molecule has 0 radical (unpaired) electrons. The maximum absolute atomic E-state index is 15.0. The summed E-state index contributed by atoms with van der Waals surface area (Å²) in [6.45, 7) is 1.95. The molecule has 3 aromatic carbocycles. The number of benzene rings is 3. The van der Waals surface area contributed by atoms with Gasteiger partial charge in [-0.05, 0) is 41.7 Å². The Morgan fingerprint density at radius 1 is 1.00 bits per heavy atom. The van der Waals surface area contributed by atoms with Gasteiger partial charge < -0.3 is 19.3 Å². The topological polar surface area (TPSA) is 51.2 Å². The lowest BCUT2D eigenvalue weighted by Gasteiger charge is -2.36. The minimum atomic E-state index is -0.360. The molecule has 1 saturated heterocycles. The van der Waals surface area contributed by atoms with E-state index in [0.29, 0.717) is 41.7 Å². The standard InChI is InChI=1S/C27H27ClFNO4/c1-32-24-8-4-7-21(27(24)29)18-5-3-6-20-19(18)9-10-23(20)34-26-12-25(33-2)16(11-22(26)28)13-30-14-17(31)15-30/h3-8,11-12,17,23,31H,9-10,13-15H2,1-2H3/t23-/m0/s1. The third-order valence-corrected chi connectivity index (χ3v) is 6.92. The van der Waals surface area contributed by atoms with Crippen LogP contribution in [-0.4, -0.2) is 43.4 Å². The Morgan fingerprint density at radius 3 is 2.47 bits per heavy atom. The summed E-state index contributed by atoms with van der Waals surface area (Å²) in [6, 6.07) is 14.8. The first-order chi connectivity index (χ1) is 16.5. The van der Waals surface area contributed by atoms with E-state index >= 15 is 0 Å². The molecule has 0 aromatic heterocycles. The van der Waals surface area contributed by atoms with E-state index in [1.807, 2.05) is 30.3 Å². The number of methoxy groups -OCH3 is 2. The minimum absolute atomic E-state index is 0.192. The second-order valence-corrected chi connectivity index (χ2v) is 9.19. The molecule has 0 spiro atoms. The molecule has 1 aliphatic carbocycles. The zero-order valence-corrected chi connectivity index (χ0v) is 19.9. The fraction of sp³-hybridized carbons (Fsp3) is 0.333.